The molecule has 122 valence electrons. The van der Waals surface area contributed by atoms with E-state index >= 15 is 0 Å². The number of carbonyl (C=O) groups excluding carboxylic acids is 1. The van der Waals surface area contributed by atoms with Gasteiger partial charge in [-0.2, -0.15) is 0 Å². The number of aryl methyl sites for hydroxylation is 1. The van der Waals surface area contributed by atoms with Crippen LogP contribution in [0.5, 0.6) is 0 Å². The molecule has 0 fully saturated rings. The van der Waals surface area contributed by atoms with E-state index in [1.54, 1.807) is 12.1 Å². The molecule has 2 aromatic carbocycles. The summed E-state index contributed by atoms with van der Waals surface area (Å²) in [6.45, 7) is 4.66. The van der Waals surface area contributed by atoms with Crippen LogP contribution in [0.2, 0.25) is 0 Å². The molecule has 3 heteroatoms. The Balaban J connectivity index is 1.94. The molecule has 1 heterocycles. The van der Waals surface area contributed by atoms with Gasteiger partial charge in [-0.05, 0) is 42.7 Å². The van der Waals surface area contributed by atoms with Crippen LogP contribution in [-0.4, -0.2) is 10.8 Å². The number of rotatable bonds is 5. The molecule has 0 saturated heterocycles. The Morgan fingerprint density at radius 1 is 1.00 bits per heavy atom. The second-order valence-electron chi connectivity index (χ2n) is 5.92. The second kappa shape index (κ2) is 7.18. The topological polar surface area (TPSA) is 33.5 Å². The van der Waals surface area contributed by atoms with Crippen molar-refractivity contribution < 1.29 is 9.21 Å². The third kappa shape index (κ3) is 3.40. The lowest BCUT2D eigenvalue weighted by Crippen LogP contribution is -2.33. The van der Waals surface area contributed by atoms with E-state index in [4.69, 9.17) is 4.42 Å². The molecule has 0 aliphatic heterocycles. The highest BCUT2D eigenvalue weighted by Crippen LogP contribution is 2.25. The van der Waals surface area contributed by atoms with Gasteiger partial charge in [-0.1, -0.05) is 54.6 Å². The summed E-state index contributed by atoms with van der Waals surface area (Å²) >= 11 is 0. The summed E-state index contributed by atoms with van der Waals surface area (Å²) in [6.07, 6.45) is 1.53. The van der Waals surface area contributed by atoms with Crippen molar-refractivity contribution in [2.45, 2.75) is 26.4 Å². The fraction of sp³-hybridized carbons (Fsp3) is 0.190. The number of carbonyl (C=O) groups is 1. The number of amides is 1. The van der Waals surface area contributed by atoms with E-state index in [0.717, 1.165) is 11.1 Å². The average Bonchev–Trinajstić information content (AvgIpc) is 3.15. The van der Waals surface area contributed by atoms with Crippen LogP contribution in [0.1, 0.15) is 40.2 Å². The van der Waals surface area contributed by atoms with Gasteiger partial charge in [-0.25, -0.2) is 0 Å². The predicted molar refractivity (Wildman–Crippen MR) is 94.6 cm³/mol. The van der Waals surface area contributed by atoms with Crippen molar-refractivity contribution in [2.24, 2.45) is 0 Å². The van der Waals surface area contributed by atoms with Crippen molar-refractivity contribution >= 4 is 5.91 Å². The standard InChI is InChI=1S/C21H21NO2/c1-16-9-6-7-12-19(16)15-22(21(23)20-13-8-14-24-20)17(2)18-10-4-3-5-11-18/h3-14,17H,15H2,1-2H3/t17-/m1/s1. The highest BCUT2D eigenvalue weighted by molar-refractivity contribution is 5.91. The fourth-order valence-electron chi connectivity index (χ4n) is 2.81. The first-order valence-electron chi connectivity index (χ1n) is 8.10. The lowest BCUT2D eigenvalue weighted by atomic mass is 10.0. The molecule has 3 aromatic rings. The summed E-state index contributed by atoms with van der Waals surface area (Å²) in [5.41, 5.74) is 3.42. The van der Waals surface area contributed by atoms with E-state index < -0.39 is 0 Å². The molecule has 1 aromatic heterocycles. The molecule has 1 amide bonds. The van der Waals surface area contributed by atoms with E-state index in [-0.39, 0.29) is 11.9 Å². The Hall–Kier alpha value is -2.81. The highest BCUT2D eigenvalue weighted by Gasteiger charge is 2.25. The third-order valence-electron chi connectivity index (χ3n) is 4.34. The fourth-order valence-corrected chi connectivity index (χ4v) is 2.81. The van der Waals surface area contributed by atoms with Crippen LogP contribution in [0.4, 0.5) is 0 Å². The number of furan rings is 1. The number of benzene rings is 2. The average molecular weight is 319 g/mol. The van der Waals surface area contributed by atoms with Crippen molar-refractivity contribution in [1.29, 1.82) is 0 Å². The zero-order valence-corrected chi connectivity index (χ0v) is 14.0. The largest absolute Gasteiger partial charge is 0.459 e. The molecule has 0 spiro atoms. The molecule has 0 saturated carbocycles. The van der Waals surface area contributed by atoms with E-state index in [1.165, 1.54) is 11.8 Å². The van der Waals surface area contributed by atoms with E-state index in [0.29, 0.717) is 12.3 Å². The molecule has 0 N–H and O–H groups in total. The van der Waals surface area contributed by atoms with E-state index in [1.807, 2.05) is 47.4 Å². The number of hydrogen-bond acceptors (Lipinski definition) is 2. The minimum absolute atomic E-state index is 0.0524. The van der Waals surface area contributed by atoms with E-state index in [2.05, 4.69) is 26.0 Å². The molecular formula is C21H21NO2. The maximum atomic E-state index is 13.0. The molecule has 3 nitrogen and oxygen atoms in total. The van der Waals surface area contributed by atoms with Crippen molar-refractivity contribution in [2.75, 3.05) is 0 Å². The first-order valence-corrected chi connectivity index (χ1v) is 8.10. The van der Waals surface area contributed by atoms with Gasteiger partial charge in [-0.3, -0.25) is 4.79 Å². The summed E-state index contributed by atoms with van der Waals surface area (Å²) in [5, 5.41) is 0. The summed E-state index contributed by atoms with van der Waals surface area (Å²) in [4.78, 5) is 14.8. The van der Waals surface area contributed by atoms with Gasteiger partial charge in [0.05, 0.1) is 12.3 Å². The minimum atomic E-state index is -0.0976. The van der Waals surface area contributed by atoms with Gasteiger partial charge >= 0.3 is 0 Å². The molecule has 1 atom stereocenters. The Labute approximate surface area is 142 Å². The first-order chi connectivity index (χ1) is 11.7. The Morgan fingerprint density at radius 2 is 1.71 bits per heavy atom. The van der Waals surface area contributed by atoms with Crippen LogP contribution < -0.4 is 0 Å². The summed E-state index contributed by atoms with van der Waals surface area (Å²) in [7, 11) is 0. The van der Waals surface area contributed by atoms with Gasteiger partial charge in [-0.15, -0.1) is 0 Å². The predicted octanol–water partition coefficient (Wildman–Crippen LogP) is 4.99. The van der Waals surface area contributed by atoms with Crippen LogP contribution in [0.25, 0.3) is 0 Å². The molecule has 0 aliphatic rings. The zero-order chi connectivity index (χ0) is 16.9. The smallest absolute Gasteiger partial charge is 0.290 e. The van der Waals surface area contributed by atoms with Crippen LogP contribution in [0, 0.1) is 6.92 Å². The molecule has 0 bridgehead atoms. The molecule has 0 unspecified atom stereocenters. The SMILES string of the molecule is Cc1ccccc1CN(C(=O)c1ccco1)[C@H](C)c1ccccc1. The molecule has 3 rings (SSSR count). The van der Waals surface area contributed by atoms with Crippen molar-refractivity contribution in [1.82, 2.24) is 4.90 Å². The minimum Gasteiger partial charge on any atom is -0.459 e. The molecule has 24 heavy (non-hydrogen) atoms. The maximum Gasteiger partial charge on any atom is 0.290 e. The summed E-state index contributed by atoms with van der Waals surface area (Å²) in [5.74, 6) is 0.269. The van der Waals surface area contributed by atoms with Gasteiger partial charge in [0.25, 0.3) is 5.91 Å². The lowest BCUT2D eigenvalue weighted by Gasteiger charge is -2.29. The van der Waals surface area contributed by atoms with Crippen LogP contribution in [-0.2, 0) is 6.54 Å². The molecular weight excluding hydrogens is 298 g/mol. The lowest BCUT2D eigenvalue weighted by molar-refractivity contribution is 0.0641. The first kappa shape index (κ1) is 16.1. The Bertz CT molecular complexity index is 794. The van der Waals surface area contributed by atoms with Gasteiger partial charge in [0.2, 0.25) is 0 Å². The van der Waals surface area contributed by atoms with Crippen LogP contribution in [0.3, 0.4) is 0 Å². The van der Waals surface area contributed by atoms with E-state index in [9.17, 15) is 4.79 Å². The third-order valence-corrected chi connectivity index (χ3v) is 4.34. The van der Waals surface area contributed by atoms with Gasteiger partial charge in [0.1, 0.15) is 0 Å². The Morgan fingerprint density at radius 3 is 2.38 bits per heavy atom. The zero-order valence-electron chi connectivity index (χ0n) is 14.0. The number of hydrogen-bond donors (Lipinski definition) is 0. The maximum absolute atomic E-state index is 13.0. The summed E-state index contributed by atoms with van der Waals surface area (Å²) in [6, 6.07) is 21.6. The molecule has 0 aliphatic carbocycles. The monoisotopic (exact) mass is 319 g/mol. The second-order valence-corrected chi connectivity index (χ2v) is 5.92. The quantitative estimate of drug-likeness (QED) is 0.663. The van der Waals surface area contributed by atoms with Crippen molar-refractivity contribution in [3.05, 3.63) is 95.4 Å². The van der Waals surface area contributed by atoms with Crippen LogP contribution in [0.15, 0.2) is 77.4 Å². The summed E-state index contributed by atoms with van der Waals surface area (Å²) < 4.78 is 5.34. The molecule has 0 radical (unpaired) electrons. The van der Waals surface area contributed by atoms with Gasteiger partial charge in [0, 0.05) is 6.54 Å². The highest BCUT2D eigenvalue weighted by atomic mass is 16.3. The van der Waals surface area contributed by atoms with Crippen LogP contribution >= 0.6 is 0 Å². The van der Waals surface area contributed by atoms with Gasteiger partial charge < -0.3 is 9.32 Å². The van der Waals surface area contributed by atoms with Crippen molar-refractivity contribution in [3.8, 4) is 0 Å². The van der Waals surface area contributed by atoms with Crippen molar-refractivity contribution in [3.63, 3.8) is 0 Å². The Kier molecular flexibility index (Phi) is 4.80. The van der Waals surface area contributed by atoms with Gasteiger partial charge in [0.15, 0.2) is 5.76 Å². The normalized spacial score (nSPS) is 11.9. The number of nitrogens with zero attached hydrogens (tertiary/aromatic N) is 1.